The molecule has 2 aromatic carbocycles. The Kier molecular flexibility index (Phi) is 4.49. The zero-order valence-corrected chi connectivity index (χ0v) is 12.1. The number of hydrogen-bond acceptors (Lipinski definition) is 0. The van der Waals surface area contributed by atoms with Gasteiger partial charge in [0, 0.05) is 14.9 Å². The van der Waals surface area contributed by atoms with E-state index in [0.717, 1.165) is 12.0 Å². The third-order valence-electron chi connectivity index (χ3n) is 2.50. The van der Waals surface area contributed by atoms with E-state index >= 15 is 0 Å². The largest absolute Gasteiger partial charge is 0.0843 e. The van der Waals surface area contributed by atoms with Gasteiger partial charge >= 0.3 is 0 Å². The summed E-state index contributed by atoms with van der Waals surface area (Å²) in [6.07, 6.45) is 0.914. The quantitative estimate of drug-likeness (QED) is 0.636. The van der Waals surface area contributed by atoms with Crippen molar-refractivity contribution >= 4 is 39.1 Å². The Labute approximate surface area is 120 Å². The molecule has 0 aliphatic rings. The van der Waals surface area contributed by atoms with E-state index in [0.29, 0.717) is 10.0 Å². The van der Waals surface area contributed by atoms with Gasteiger partial charge in [-0.2, -0.15) is 0 Å². The Morgan fingerprint density at radius 2 is 1.53 bits per heavy atom. The zero-order valence-electron chi connectivity index (χ0n) is 9.04. The van der Waals surface area contributed by atoms with Gasteiger partial charge in [-0.1, -0.05) is 69.5 Å². The van der Waals surface area contributed by atoms with Crippen LogP contribution in [0.1, 0.15) is 16.0 Å². The highest BCUT2D eigenvalue weighted by Gasteiger charge is 2.10. The van der Waals surface area contributed by atoms with E-state index in [9.17, 15) is 0 Å². The van der Waals surface area contributed by atoms with Crippen molar-refractivity contribution in [3.05, 3.63) is 69.7 Å². The van der Waals surface area contributed by atoms with E-state index in [4.69, 9.17) is 23.2 Å². The van der Waals surface area contributed by atoms with Gasteiger partial charge in [0.1, 0.15) is 0 Å². The third kappa shape index (κ3) is 3.74. The summed E-state index contributed by atoms with van der Waals surface area (Å²) in [7, 11) is 0. The summed E-state index contributed by atoms with van der Waals surface area (Å²) >= 11 is 15.7. The van der Waals surface area contributed by atoms with Gasteiger partial charge < -0.3 is 0 Å². The second-order valence-electron chi connectivity index (χ2n) is 3.86. The van der Waals surface area contributed by atoms with Crippen molar-refractivity contribution in [1.29, 1.82) is 0 Å². The van der Waals surface area contributed by atoms with Gasteiger partial charge in [0.2, 0.25) is 0 Å². The Bertz CT molecular complexity index is 477. The first-order valence-electron chi connectivity index (χ1n) is 5.29. The van der Waals surface area contributed by atoms with E-state index in [1.807, 2.05) is 30.3 Å². The summed E-state index contributed by atoms with van der Waals surface area (Å²) in [5, 5.41) is 1.34. The molecule has 88 valence electrons. The molecule has 2 rings (SSSR count). The van der Waals surface area contributed by atoms with Crippen LogP contribution in [-0.2, 0) is 6.42 Å². The predicted molar refractivity (Wildman–Crippen MR) is 78.3 cm³/mol. The molecule has 0 N–H and O–H groups in total. The summed E-state index contributed by atoms with van der Waals surface area (Å²) in [5.41, 5.74) is 2.39. The smallest absolute Gasteiger partial charge is 0.0436 e. The SMILES string of the molecule is Clc1cc(Cl)cc(C(Br)Cc2ccccc2)c1. The van der Waals surface area contributed by atoms with Crippen LogP contribution in [0.15, 0.2) is 48.5 Å². The van der Waals surface area contributed by atoms with Crippen LogP contribution in [0.25, 0.3) is 0 Å². The highest BCUT2D eigenvalue weighted by Crippen LogP contribution is 2.31. The van der Waals surface area contributed by atoms with Gasteiger partial charge in [-0.15, -0.1) is 0 Å². The van der Waals surface area contributed by atoms with Gasteiger partial charge in [0.15, 0.2) is 0 Å². The van der Waals surface area contributed by atoms with Crippen molar-refractivity contribution in [3.63, 3.8) is 0 Å². The van der Waals surface area contributed by atoms with Crippen molar-refractivity contribution in [2.24, 2.45) is 0 Å². The molecule has 0 radical (unpaired) electrons. The first-order valence-corrected chi connectivity index (χ1v) is 6.96. The minimum absolute atomic E-state index is 0.223. The maximum Gasteiger partial charge on any atom is 0.0436 e. The van der Waals surface area contributed by atoms with Crippen molar-refractivity contribution < 1.29 is 0 Å². The molecule has 0 bridgehead atoms. The lowest BCUT2D eigenvalue weighted by Gasteiger charge is -2.11. The van der Waals surface area contributed by atoms with Crippen LogP contribution in [0.5, 0.6) is 0 Å². The molecule has 1 atom stereocenters. The minimum atomic E-state index is 0.223. The maximum atomic E-state index is 5.99. The van der Waals surface area contributed by atoms with E-state index in [-0.39, 0.29) is 4.83 Å². The molecule has 0 amide bonds. The number of rotatable bonds is 3. The van der Waals surface area contributed by atoms with Crippen LogP contribution < -0.4 is 0 Å². The Hall–Kier alpha value is -0.500. The molecule has 3 heteroatoms. The summed E-state index contributed by atoms with van der Waals surface area (Å²) < 4.78 is 0. The predicted octanol–water partition coefficient (Wildman–Crippen LogP) is 5.67. The summed E-state index contributed by atoms with van der Waals surface area (Å²) in [6.45, 7) is 0. The maximum absolute atomic E-state index is 5.99. The highest BCUT2D eigenvalue weighted by atomic mass is 79.9. The lowest BCUT2D eigenvalue weighted by Crippen LogP contribution is -1.95. The first kappa shape index (κ1) is 12.9. The van der Waals surface area contributed by atoms with E-state index in [1.165, 1.54) is 5.56 Å². The van der Waals surface area contributed by atoms with Crippen molar-refractivity contribution in [3.8, 4) is 0 Å². The molecule has 0 saturated carbocycles. The normalized spacial score (nSPS) is 12.4. The molecule has 0 aliphatic heterocycles. The lowest BCUT2D eigenvalue weighted by atomic mass is 10.0. The number of benzene rings is 2. The average molecular weight is 330 g/mol. The topological polar surface area (TPSA) is 0 Å². The molecule has 2 aromatic rings. The summed E-state index contributed by atoms with van der Waals surface area (Å²) in [6, 6.07) is 15.9. The standard InChI is InChI=1S/C14H11BrCl2/c15-14(6-10-4-2-1-3-5-10)11-7-12(16)9-13(17)8-11/h1-5,7-9,14H,6H2. The van der Waals surface area contributed by atoms with Crippen LogP contribution in [0.2, 0.25) is 10.0 Å². The van der Waals surface area contributed by atoms with Crippen LogP contribution in [-0.4, -0.2) is 0 Å². The summed E-state index contributed by atoms with van der Waals surface area (Å²) in [4.78, 5) is 0.223. The monoisotopic (exact) mass is 328 g/mol. The van der Waals surface area contributed by atoms with Crippen LogP contribution >= 0.6 is 39.1 Å². The molecule has 0 saturated heterocycles. The fourth-order valence-corrected chi connectivity index (χ4v) is 2.88. The Morgan fingerprint density at radius 3 is 2.12 bits per heavy atom. The van der Waals surface area contributed by atoms with Crippen LogP contribution in [0.4, 0.5) is 0 Å². The van der Waals surface area contributed by atoms with Gasteiger partial charge in [-0.3, -0.25) is 0 Å². The molecule has 0 fully saturated rings. The molecule has 0 spiro atoms. The number of alkyl halides is 1. The first-order chi connectivity index (χ1) is 8.15. The summed E-state index contributed by atoms with van der Waals surface area (Å²) in [5.74, 6) is 0. The van der Waals surface area contributed by atoms with E-state index in [1.54, 1.807) is 6.07 Å². The van der Waals surface area contributed by atoms with Crippen molar-refractivity contribution in [2.75, 3.05) is 0 Å². The second-order valence-corrected chi connectivity index (χ2v) is 5.84. The average Bonchev–Trinajstić information content (AvgIpc) is 2.29. The molecule has 0 heterocycles. The van der Waals surface area contributed by atoms with Gasteiger partial charge in [0.05, 0.1) is 0 Å². The molecule has 0 nitrogen and oxygen atoms in total. The Morgan fingerprint density at radius 1 is 0.941 bits per heavy atom. The van der Waals surface area contributed by atoms with Crippen LogP contribution in [0.3, 0.4) is 0 Å². The number of halogens is 3. The molecule has 1 unspecified atom stereocenters. The third-order valence-corrected chi connectivity index (χ3v) is 3.79. The van der Waals surface area contributed by atoms with Gasteiger partial charge in [0.25, 0.3) is 0 Å². The molecule has 0 aromatic heterocycles. The molecular formula is C14H11BrCl2. The molecule has 0 aliphatic carbocycles. The highest BCUT2D eigenvalue weighted by molar-refractivity contribution is 9.09. The number of hydrogen-bond donors (Lipinski definition) is 0. The fourth-order valence-electron chi connectivity index (χ4n) is 1.69. The zero-order chi connectivity index (χ0) is 12.3. The van der Waals surface area contributed by atoms with E-state index in [2.05, 4.69) is 28.1 Å². The van der Waals surface area contributed by atoms with Crippen molar-refractivity contribution in [1.82, 2.24) is 0 Å². The van der Waals surface area contributed by atoms with Gasteiger partial charge in [-0.05, 0) is 35.7 Å². The van der Waals surface area contributed by atoms with E-state index < -0.39 is 0 Å². The lowest BCUT2D eigenvalue weighted by molar-refractivity contribution is 0.949. The van der Waals surface area contributed by atoms with Crippen LogP contribution in [0, 0.1) is 0 Å². The molecule has 17 heavy (non-hydrogen) atoms. The second kappa shape index (κ2) is 5.90. The fraction of sp³-hybridized carbons (Fsp3) is 0.143. The molecular weight excluding hydrogens is 319 g/mol. The minimum Gasteiger partial charge on any atom is -0.0843 e. The van der Waals surface area contributed by atoms with Gasteiger partial charge in [-0.25, -0.2) is 0 Å². The Balaban J connectivity index is 2.17. The van der Waals surface area contributed by atoms with Crippen molar-refractivity contribution in [2.45, 2.75) is 11.2 Å².